The van der Waals surface area contributed by atoms with E-state index in [-0.39, 0.29) is 6.42 Å². The second-order valence-corrected chi connectivity index (χ2v) is 3.92. The number of aliphatic carboxylic acids is 1. The van der Waals surface area contributed by atoms with Crippen molar-refractivity contribution in [2.45, 2.75) is 12.5 Å². The van der Waals surface area contributed by atoms with Crippen molar-refractivity contribution in [3.05, 3.63) is 28.2 Å². The Hall–Kier alpha value is -1.07. The number of halogens is 1. The maximum Gasteiger partial charge on any atom is 0.306 e. The number of ether oxygens (including phenoxy) is 1. The van der Waals surface area contributed by atoms with Crippen molar-refractivity contribution in [2.75, 3.05) is 7.11 Å². The Morgan fingerprint density at radius 2 is 2.27 bits per heavy atom. The fourth-order valence-corrected chi connectivity index (χ4v) is 1.62. The van der Waals surface area contributed by atoms with E-state index in [4.69, 9.17) is 9.84 Å². The molecule has 82 valence electrons. The second-order valence-electron chi connectivity index (χ2n) is 3.00. The first-order valence-corrected chi connectivity index (χ1v) is 5.07. The minimum Gasteiger partial charge on any atom is -0.496 e. The zero-order chi connectivity index (χ0) is 11.4. The monoisotopic (exact) mass is 274 g/mol. The number of rotatable bonds is 4. The summed E-state index contributed by atoms with van der Waals surface area (Å²) in [5.41, 5.74) is 0.467. The number of hydrogen-bond acceptors (Lipinski definition) is 3. The van der Waals surface area contributed by atoms with Crippen molar-refractivity contribution in [1.29, 1.82) is 0 Å². The van der Waals surface area contributed by atoms with Gasteiger partial charge in [-0.25, -0.2) is 0 Å². The molecule has 0 fully saturated rings. The average molecular weight is 275 g/mol. The number of carboxylic acid groups (broad SMARTS) is 1. The van der Waals surface area contributed by atoms with Crippen LogP contribution in [0.4, 0.5) is 0 Å². The van der Waals surface area contributed by atoms with Gasteiger partial charge in [0.1, 0.15) is 5.75 Å². The van der Waals surface area contributed by atoms with Crippen LogP contribution >= 0.6 is 15.9 Å². The Bertz CT molecular complexity index is 364. The van der Waals surface area contributed by atoms with Gasteiger partial charge in [-0.05, 0) is 18.2 Å². The molecule has 0 amide bonds. The Balaban J connectivity index is 2.99. The maximum atomic E-state index is 10.5. The number of aliphatic hydroxyl groups excluding tert-OH is 1. The van der Waals surface area contributed by atoms with Gasteiger partial charge >= 0.3 is 5.97 Å². The van der Waals surface area contributed by atoms with Gasteiger partial charge in [-0.3, -0.25) is 4.79 Å². The number of carbonyl (C=O) groups is 1. The lowest BCUT2D eigenvalue weighted by Gasteiger charge is -2.13. The van der Waals surface area contributed by atoms with Gasteiger partial charge in [0.2, 0.25) is 0 Å². The number of aliphatic hydroxyl groups is 1. The highest BCUT2D eigenvalue weighted by Crippen LogP contribution is 2.29. The summed E-state index contributed by atoms with van der Waals surface area (Å²) in [6.07, 6.45) is -1.40. The molecule has 0 bridgehead atoms. The minimum atomic E-state index is -1.06. The lowest BCUT2D eigenvalue weighted by molar-refractivity contribution is -0.139. The van der Waals surface area contributed by atoms with Crippen LogP contribution in [0.1, 0.15) is 18.1 Å². The van der Waals surface area contributed by atoms with Crippen LogP contribution in [-0.4, -0.2) is 23.3 Å². The highest BCUT2D eigenvalue weighted by Gasteiger charge is 2.16. The molecule has 1 aromatic carbocycles. The summed E-state index contributed by atoms with van der Waals surface area (Å²) in [7, 11) is 1.47. The van der Waals surface area contributed by atoms with Crippen LogP contribution in [0.2, 0.25) is 0 Å². The summed E-state index contributed by atoms with van der Waals surface area (Å²) in [5, 5.41) is 18.2. The zero-order valence-electron chi connectivity index (χ0n) is 8.11. The summed E-state index contributed by atoms with van der Waals surface area (Å²) in [6.45, 7) is 0. The van der Waals surface area contributed by atoms with Gasteiger partial charge in [-0.1, -0.05) is 15.9 Å². The molecule has 4 nitrogen and oxygen atoms in total. The SMILES string of the molecule is COc1ccc(Br)cc1[C@@H](O)CC(=O)O. The molecule has 0 heterocycles. The zero-order valence-corrected chi connectivity index (χ0v) is 9.69. The maximum absolute atomic E-state index is 10.5. The Labute approximate surface area is 95.6 Å². The third-order valence-electron chi connectivity index (χ3n) is 1.92. The third-order valence-corrected chi connectivity index (χ3v) is 2.41. The largest absolute Gasteiger partial charge is 0.496 e. The van der Waals surface area contributed by atoms with Crippen LogP contribution in [0.15, 0.2) is 22.7 Å². The van der Waals surface area contributed by atoms with Gasteiger partial charge in [0.05, 0.1) is 19.6 Å². The van der Waals surface area contributed by atoms with Crippen molar-refractivity contribution in [3.63, 3.8) is 0 Å². The molecule has 0 saturated carbocycles. The third kappa shape index (κ3) is 3.21. The van der Waals surface area contributed by atoms with Gasteiger partial charge < -0.3 is 14.9 Å². The summed E-state index contributed by atoms with van der Waals surface area (Å²) < 4.78 is 5.80. The molecule has 15 heavy (non-hydrogen) atoms. The van der Waals surface area contributed by atoms with E-state index in [1.54, 1.807) is 18.2 Å². The Kier molecular flexibility index (Phi) is 4.11. The van der Waals surface area contributed by atoms with E-state index in [1.807, 2.05) is 0 Å². The molecular formula is C10H11BrO4. The highest BCUT2D eigenvalue weighted by molar-refractivity contribution is 9.10. The lowest BCUT2D eigenvalue weighted by Crippen LogP contribution is -2.06. The first kappa shape index (κ1) is 12.0. The molecule has 0 spiro atoms. The van der Waals surface area contributed by atoms with E-state index in [1.165, 1.54) is 7.11 Å². The predicted octanol–water partition coefficient (Wildman–Crippen LogP) is 1.97. The molecule has 0 aliphatic rings. The quantitative estimate of drug-likeness (QED) is 0.881. The van der Waals surface area contributed by atoms with E-state index in [0.29, 0.717) is 11.3 Å². The molecule has 0 saturated heterocycles. The smallest absolute Gasteiger partial charge is 0.306 e. The lowest BCUT2D eigenvalue weighted by atomic mass is 10.1. The van der Waals surface area contributed by atoms with Crippen molar-refractivity contribution in [3.8, 4) is 5.75 Å². The van der Waals surface area contributed by atoms with E-state index in [2.05, 4.69) is 15.9 Å². The number of benzene rings is 1. The van der Waals surface area contributed by atoms with E-state index >= 15 is 0 Å². The van der Waals surface area contributed by atoms with Crippen molar-refractivity contribution in [2.24, 2.45) is 0 Å². The molecular weight excluding hydrogens is 264 g/mol. The summed E-state index contributed by atoms with van der Waals surface area (Å²) >= 11 is 3.25. The van der Waals surface area contributed by atoms with Crippen LogP contribution in [-0.2, 0) is 4.79 Å². The molecule has 0 radical (unpaired) electrons. The molecule has 0 aliphatic carbocycles. The Morgan fingerprint density at radius 3 is 2.80 bits per heavy atom. The predicted molar refractivity (Wildman–Crippen MR) is 57.9 cm³/mol. The van der Waals surface area contributed by atoms with Crippen molar-refractivity contribution >= 4 is 21.9 Å². The molecule has 2 N–H and O–H groups in total. The summed E-state index contributed by atoms with van der Waals surface area (Å²) in [6, 6.07) is 5.08. The molecule has 5 heteroatoms. The minimum absolute atomic E-state index is 0.340. The van der Waals surface area contributed by atoms with Crippen LogP contribution < -0.4 is 4.74 Å². The van der Waals surface area contributed by atoms with Crippen molar-refractivity contribution in [1.82, 2.24) is 0 Å². The summed E-state index contributed by atoms with van der Waals surface area (Å²) in [4.78, 5) is 10.5. The standard InChI is InChI=1S/C10H11BrO4/c1-15-9-3-2-6(11)4-7(9)8(12)5-10(13)14/h2-4,8,12H,5H2,1H3,(H,13,14)/t8-/m0/s1. The van der Waals surface area contributed by atoms with Gasteiger partial charge in [0.25, 0.3) is 0 Å². The molecule has 0 aliphatic heterocycles. The summed E-state index contributed by atoms with van der Waals surface area (Å²) in [5.74, 6) is -0.573. The Morgan fingerprint density at radius 1 is 1.60 bits per heavy atom. The fraction of sp³-hybridized carbons (Fsp3) is 0.300. The van der Waals surface area contributed by atoms with Crippen molar-refractivity contribution < 1.29 is 19.7 Å². The first-order chi connectivity index (χ1) is 7.04. The number of carboxylic acids is 1. The van der Waals surface area contributed by atoms with Gasteiger partial charge in [-0.2, -0.15) is 0 Å². The van der Waals surface area contributed by atoms with Crippen LogP contribution in [0.25, 0.3) is 0 Å². The van der Waals surface area contributed by atoms with Crippen LogP contribution in [0.3, 0.4) is 0 Å². The van der Waals surface area contributed by atoms with E-state index < -0.39 is 12.1 Å². The average Bonchev–Trinajstić information content (AvgIpc) is 2.16. The fourth-order valence-electron chi connectivity index (χ4n) is 1.24. The van der Waals surface area contributed by atoms with Gasteiger partial charge in [0.15, 0.2) is 0 Å². The number of methoxy groups -OCH3 is 1. The molecule has 1 rings (SSSR count). The normalized spacial score (nSPS) is 12.2. The van der Waals surface area contributed by atoms with E-state index in [0.717, 1.165) is 4.47 Å². The van der Waals surface area contributed by atoms with Crippen LogP contribution in [0.5, 0.6) is 5.75 Å². The van der Waals surface area contributed by atoms with Gasteiger partial charge in [0, 0.05) is 10.0 Å². The number of hydrogen-bond donors (Lipinski definition) is 2. The molecule has 1 atom stereocenters. The van der Waals surface area contributed by atoms with E-state index in [9.17, 15) is 9.90 Å². The second kappa shape index (κ2) is 5.14. The topological polar surface area (TPSA) is 66.8 Å². The highest BCUT2D eigenvalue weighted by atomic mass is 79.9. The molecule has 0 unspecified atom stereocenters. The van der Waals surface area contributed by atoms with Crippen LogP contribution in [0, 0.1) is 0 Å². The molecule has 0 aromatic heterocycles. The van der Waals surface area contributed by atoms with Gasteiger partial charge in [-0.15, -0.1) is 0 Å². The molecule has 1 aromatic rings. The first-order valence-electron chi connectivity index (χ1n) is 4.28.